The lowest BCUT2D eigenvalue weighted by atomic mass is 9.88. The van der Waals surface area contributed by atoms with Crippen LogP contribution in [0.25, 0.3) is 0 Å². The van der Waals surface area contributed by atoms with Crippen molar-refractivity contribution in [1.82, 2.24) is 0 Å². The summed E-state index contributed by atoms with van der Waals surface area (Å²) in [7, 11) is 0. The molecule has 0 bridgehead atoms. The molecule has 2 rings (SSSR count). The standard InChI is InChI=1S/C18H27N3O/c1-13(18(2,3)4)20-15-5-6-17(14(11-15)12-19)21-9-7-16(22)8-10-21/h5-6,11,13,16,20,22H,7-10H2,1-4H3. The first-order valence-corrected chi connectivity index (χ1v) is 8.05. The largest absolute Gasteiger partial charge is 0.393 e. The van der Waals surface area contributed by atoms with Crippen molar-refractivity contribution in [3.05, 3.63) is 23.8 Å². The van der Waals surface area contributed by atoms with E-state index in [0.717, 1.165) is 37.3 Å². The quantitative estimate of drug-likeness (QED) is 0.898. The Hall–Kier alpha value is -1.73. The van der Waals surface area contributed by atoms with Crippen LogP contribution in [0.5, 0.6) is 0 Å². The van der Waals surface area contributed by atoms with Gasteiger partial charge in [0.15, 0.2) is 0 Å². The molecule has 0 amide bonds. The van der Waals surface area contributed by atoms with Crippen LogP contribution in [0, 0.1) is 16.7 Å². The highest BCUT2D eigenvalue weighted by atomic mass is 16.3. The predicted molar refractivity (Wildman–Crippen MR) is 91.2 cm³/mol. The van der Waals surface area contributed by atoms with Crippen LogP contribution >= 0.6 is 0 Å². The second-order valence-electron chi connectivity index (χ2n) is 7.29. The molecular weight excluding hydrogens is 274 g/mol. The molecule has 1 aromatic rings. The SMILES string of the molecule is CC(Nc1ccc(N2CCC(O)CC2)c(C#N)c1)C(C)(C)C. The Morgan fingerprint density at radius 1 is 1.32 bits per heavy atom. The molecule has 1 unspecified atom stereocenters. The molecule has 4 nitrogen and oxygen atoms in total. The topological polar surface area (TPSA) is 59.3 Å². The second-order valence-corrected chi connectivity index (χ2v) is 7.29. The zero-order chi connectivity index (χ0) is 16.3. The molecular formula is C18H27N3O. The minimum atomic E-state index is -0.199. The maximum absolute atomic E-state index is 9.62. The average Bonchev–Trinajstić information content (AvgIpc) is 2.47. The molecule has 0 saturated carbocycles. The van der Waals surface area contributed by atoms with Crippen molar-refractivity contribution in [1.29, 1.82) is 5.26 Å². The van der Waals surface area contributed by atoms with Gasteiger partial charge in [-0.25, -0.2) is 0 Å². The number of hydrogen-bond acceptors (Lipinski definition) is 4. The molecule has 2 N–H and O–H groups in total. The Morgan fingerprint density at radius 3 is 2.50 bits per heavy atom. The van der Waals surface area contributed by atoms with Crippen LogP contribution in [-0.2, 0) is 0 Å². The lowest BCUT2D eigenvalue weighted by Crippen LogP contribution is -2.36. The highest BCUT2D eigenvalue weighted by molar-refractivity contribution is 5.65. The maximum atomic E-state index is 9.62. The second kappa shape index (κ2) is 6.58. The minimum Gasteiger partial charge on any atom is -0.393 e. The van der Waals surface area contributed by atoms with Gasteiger partial charge in [0, 0.05) is 24.8 Å². The van der Waals surface area contributed by atoms with E-state index in [9.17, 15) is 10.4 Å². The first-order chi connectivity index (χ1) is 10.3. The zero-order valence-electron chi connectivity index (χ0n) is 14.1. The molecule has 4 heteroatoms. The van der Waals surface area contributed by atoms with Crippen LogP contribution in [0.3, 0.4) is 0 Å². The van der Waals surface area contributed by atoms with Crippen molar-refractivity contribution in [3.8, 4) is 6.07 Å². The summed E-state index contributed by atoms with van der Waals surface area (Å²) in [6.45, 7) is 10.4. The molecule has 120 valence electrons. The molecule has 0 aliphatic carbocycles. The Kier molecular flexibility index (Phi) is 4.97. The molecule has 1 aromatic carbocycles. The fraction of sp³-hybridized carbons (Fsp3) is 0.611. The van der Waals surface area contributed by atoms with Gasteiger partial charge in [-0.1, -0.05) is 20.8 Å². The molecule has 1 aliphatic rings. The Morgan fingerprint density at radius 2 is 1.95 bits per heavy atom. The number of hydrogen-bond donors (Lipinski definition) is 2. The lowest BCUT2D eigenvalue weighted by molar-refractivity contribution is 0.145. The summed E-state index contributed by atoms with van der Waals surface area (Å²) in [5.74, 6) is 0. The molecule has 22 heavy (non-hydrogen) atoms. The molecule has 1 heterocycles. The maximum Gasteiger partial charge on any atom is 0.101 e. The van der Waals surface area contributed by atoms with Crippen LogP contribution in [0.1, 0.15) is 46.1 Å². The summed E-state index contributed by atoms with van der Waals surface area (Å²) in [6, 6.07) is 8.63. The van der Waals surface area contributed by atoms with Gasteiger partial charge in [-0.2, -0.15) is 5.26 Å². The number of rotatable bonds is 3. The van der Waals surface area contributed by atoms with E-state index in [4.69, 9.17) is 0 Å². The van der Waals surface area contributed by atoms with Crippen molar-refractivity contribution in [2.75, 3.05) is 23.3 Å². The van der Waals surface area contributed by atoms with Crippen LogP contribution in [0.4, 0.5) is 11.4 Å². The van der Waals surface area contributed by atoms with Gasteiger partial charge in [0.05, 0.1) is 17.4 Å². The Balaban J connectivity index is 2.16. The van der Waals surface area contributed by atoms with E-state index in [1.165, 1.54) is 0 Å². The zero-order valence-corrected chi connectivity index (χ0v) is 14.1. The highest BCUT2D eigenvalue weighted by Gasteiger charge is 2.22. The van der Waals surface area contributed by atoms with E-state index in [2.05, 4.69) is 44.0 Å². The van der Waals surface area contributed by atoms with Crippen LogP contribution < -0.4 is 10.2 Å². The van der Waals surface area contributed by atoms with E-state index in [-0.39, 0.29) is 11.5 Å². The smallest absolute Gasteiger partial charge is 0.101 e. The first-order valence-electron chi connectivity index (χ1n) is 8.05. The third kappa shape index (κ3) is 3.92. The van der Waals surface area contributed by atoms with Gasteiger partial charge < -0.3 is 15.3 Å². The summed E-state index contributed by atoms with van der Waals surface area (Å²) < 4.78 is 0. The van der Waals surface area contributed by atoms with E-state index in [0.29, 0.717) is 11.6 Å². The third-order valence-corrected chi connectivity index (χ3v) is 4.60. The highest BCUT2D eigenvalue weighted by Crippen LogP contribution is 2.29. The van der Waals surface area contributed by atoms with Crippen LogP contribution in [-0.4, -0.2) is 30.3 Å². The molecule has 0 radical (unpaired) electrons. The van der Waals surface area contributed by atoms with Gasteiger partial charge in [-0.3, -0.25) is 0 Å². The normalized spacial score (nSPS) is 17.9. The predicted octanol–water partition coefficient (Wildman–Crippen LogP) is 3.37. The van der Waals surface area contributed by atoms with Gasteiger partial charge in [0.2, 0.25) is 0 Å². The molecule has 1 aliphatic heterocycles. The van der Waals surface area contributed by atoms with Crippen molar-refractivity contribution in [3.63, 3.8) is 0 Å². The number of anilines is 2. The Labute approximate surface area is 133 Å². The van der Waals surface area contributed by atoms with Gasteiger partial charge in [-0.15, -0.1) is 0 Å². The fourth-order valence-corrected chi connectivity index (χ4v) is 2.56. The summed E-state index contributed by atoms with van der Waals surface area (Å²) in [5, 5.41) is 22.6. The molecule has 0 aromatic heterocycles. The molecule has 1 fully saturated rings. The van der Waals surface area contributed by atoms with E-state index in [1.54, 1.807) is 0 Å². The third-order valence-electron chi connectivity index (χ3n) is 4.60. The van der Waals surface area contributed by atoms with E-state index < -0.39 is 0 Å². The van der Waals surface area contributed by atoms with Crippen molar-refractivity contribution >= 4 is 11.4 Å². The summed E-state index contributed by atoms with van der Waals surface area (Å²) >= 11 is 0. The fourth-order valence-electron chi connectivity index (χ4n) is 2.56. The number of aliphatic hydroxyl groups excluding tert-OH is 1. The lowest BCUT2D eigenvalue weighted by Gasteiger charge is -2.33. The summed E-state index contributed by atoms with van der Waals surface area (Å²) in [4.78, 5) is 2.20. The number of aliphatic hydroxyl groups is 1. The molecule has 1 atom stereocenters. The number of nitrogens with zero attached hydrogens (tertiary/aromatic N) is 2. The van der Waals surface area contributed by atoms with Crippen molar-refractivity contribution < 1.29 is 5.11 Å². The summed E-state index contributed by atoms with van der Waals surface area (Å²) in [6.07, 6.45) is 1.34. The molecule has 0 spiro atoms. The number of nitrogens with one attached hydrogen (secondary N) is 1. The van der Waals surface area contributed by atoms with Crippen molar-refractivity contribution in [2.45, 2.75) is 52.7 Å². The number of nitriles is 1. The van der Waals surface area contributed by atoms with E-state index >= 15 is 0 Å². The minimum absolute atomic E-state index is 0.161. The average molecular weight is 301 g/mol. The van der Waals surface area contributed by atoms with Gasteiger partial charge in [0.25, 0.3) is 0 Å². The van der Waals surface area contributed by atoms with Crippen molar-refractivity contribution in [2.24, 2.45) is 5.41 Å². The van der Waals surface area contributed by atoms with Gasteiger partial charge >= 0.3 is 0 Å². The number of piperidine rings is 1. The van der Waals surface area contributed by atoms with Crippen LogP contribution in [0.15, 0.2) is 18.2 Å². The number of benzene rings is 1. The molecule has 1 saturated heterocycles. The van der Waals surface area contributed by atoms with Gasteiger partial charge in [0.1, 0.15) is 6.07 Å². The Bertz CT molecular complexity index is 548. The van der Waals surface area contributed by atoms with Gasteiger partial charge in [-0.05, 0) is 43.4 Å². The van der Waals surface area contributed by atoms with E-state index in [1.807, 2.05) is 18.2 Å². The van der Waals surface area contributed by atoms with Crippen LogP contribution in [0.2, 0.25) is 0 Å². The summed E-state index contributed by atoms with van der Waals surface area (Å²) in [5.41, 5.74) is 2.82. The first kappa shape index (κ1) is 16.6. The monoisotopic (exact) mass is 301 g/mol.